The van der Waals surface area contributed by atoms with Gasteiger partial charge < -0.3 is 10.2 Å². The van der Waals surface area contributed by atoms with Crippen LogP contribution in [0.4, 0.5) is 0 Å². The number of likely N-dealkylation sites (tertiary alicyclic amines) is 1. The fraction of sp³-hybridized carbons (Fsp3) is 0.900. The van der Waals surface area contributed by atoms with Crippen LogP contribution >= 0.6 is 0 Å². The molecule has 5 nitrogen and oxygen atoms in total. The minimum absolute atomic E-state index is 0.0468. The van der Waals surface area contributed by atoms with Gasteiger partial charge in [-0.2, -0.15) is 0 Å². The quantitative estimate of drug-likeness (QED) is 0.657. The summed E-state index contributed by atoms with van der Waals surface area (Å²) in [5.41, 5.74) is 0.192. The van der Waals surface area contributed by atoms with E-state index in [1.165, 1.54) is 0 Å². The minimum atomic E-state index is -0.0468. The minimum Gasteiger partial charge on any atom is -0.353 e. The highest BCUT2D eigenvalue weighted by Gasteiger charge is 2.38. The van der Waals surface area contributed by atoms with Gasteiger partial charge >= 0.3 is 0 Å². The second-order valence-electron chi connectivity index (χ2n) is 8.55. The van der Waals surface area contributed by atoms with Crippen LogP contribution in [0.15, 0.2) is 0 Å². The van der Waals surface area contributed by atoms with E-state index in [0.717, 1.165) is 38.6 Å². The van der Waals surface area contributed by atoms with Gasteiger partial charge in [0.05, 0.1) is 6.04 Å². The van der Waals surface area contributed by atoms with Gasteiger partial charge in [-0.3, -0.25) is 14.5 Å². The van der Waals surface area contributed by atoms with E-state index in [4.69, 9.17) is 0 Å². The zero-order valence-corrected chi connectivity index (χ0v) is 17.2. The van der Waals surface area contributed by atoms with Gasteiger partial charge in [0, 0.05) is 33.1 Å². The van der Waals surface area contributed by atoms with Crippen molar-refractivity contribution in [1.82, 2.24) is 15.1 Å². The fourth-order valence-corrected chi connectivity index (χ4v) is 3.98. The molecular weight excluding hydrogens is 314 g/mol. The number of nitrogens with one attached hydrogen (secondary N) is 1. The second-order valence-corrected chi connectivity index (χ2v) is 8.55. The maximum Gasteiger partial charge on any atom is 0.237 e. The number of carbonyl (C=O) groups is 2. The second kappa shape index (κ2) is 10.1. The lowest BCUT2D eigenvalue weighted by molar-refractivity contribution is -0.131. The number of rotatable bonds is 10. The van der Waals surface area contributed by atoms with Crippen molar-refractivity contribution >= 4 is 11.8 Å². The van der Waals surface area contributed by atoms with E-state index < -0.39 is 0 Å². The smallest absolute Gasteiger partial charge is 0.237 e. The Morgan fingerprint density at radius 2 is 1.84 bits per heavy atom. The lowest BCUT2D eigenvalue weighted by atomic mass is 9.90. The van der Waals surface area contributed by atoms with Gasteiger partial charge in [0.2, 0.25) is 11.8 Å². The topological polar surface area (TPSA) is 52.7 Å². The van der Waals surface area contributed by atoms with Crippen LogP contribution in [0.5, 0.6) is 0 Å². The summed E-state index contributed by atoms with van der Waals surface area (Å²) in [6.45, 7) is 10.8. The van der Waals surface area contributed by atoms with E-state index in [9.17, 15) is 9.59 Å². The van der Waals surface area contributed by atoms with Crippen molar-refractivity contribution < 1.29 is 9.59 Å². The Balaban J connectivity index is 2.34. The van der Waals surface area contributed by atoms with E-state index in [1.54, 1.807) is 4.90 Å². The Morgan fingerprint density at radius 3 is 2.32 bits per heavy atom. The zero-order chi connectivity index (χ0) is 19.0. The van der Waals surface area contributed by atoms with Crippen molar-refractivity contribution in [1.29, 1.82) is 0 Å². The number of hydrogen-bond donors (Lipinski definition) is 1. The Morgan fingerprint density at radius 1 is 1.24 bits per heavy atom. The van der Waals surface area contributed by atoms with Crippen molar-refractivity contribution in [2.75, 3.05) is 33.7 Å². The molecule has 1 aliphatic rings. The summed E-state index contributed by atoms with van der Waals surface area (Å²) in [5, 5.41) is 3.01. The van der Waals surface area contributed by atoms with E-state index >= 15 is 0 Å². The van der Waals surface area contributed by atoms with Crippen LogP contribution < -0.4 is 5.32 Å². The molecule has 0 aliphatic carbocycles. The first-order chi connectivity index (χ1) is 11.7. The monoisotopic (exact) mass is 353 g/mol. The largest absolute Gasteiger partial charge is 0.353 e. The van der Waals surface area contributed by atoms with Gasteiger partial charge in [-0.15, -0.1) is 0 Å². The average Bonchev–Trinajstić information content (AvgIpc) is 2.80. The van der Waals surface area contributed by atoms with Crippen LogP contribution in [0.25, 0.3) is 0 Å². The van der Waals surface area contributed by atoms with Gasteiger partial charge in [0.15, 0.2) is 0 Å². The van der Waals surface area contributed by atoms with Crippen molar-refractivity contribution in [3.05, 3.63) is 0 Å². The number of amides is 2. The first-order valence-corrected chi connectivity index (χ1v) is 9.92. The number of carbonyl (C=O) groups excluding carboxylic acids is 2. The fourth-order valence-electron chi connectivity index (χ4n) is 3.98. The first kappa shape index (κ1) is 21.9. The summed E-state index contributed by atoms with van der Waals surface area (Å²) in [5.74, 6) is 0.776. The molecule has 0 aromatic carbocycles. The predicted molar refractivity (Wildman–Crippen MR) is 103 cm³/mol. The Labute approximate surface area is 154 Å². The number of likely N-dealkylation sites (N-methyl/N-ethyl adjacent to an activating group) is 2. The number of nitrogens with zero attached hydrogens (tertiary/aromatic N) is 2. The summed E-state index contributed by atoms with van der Waals surface area (Å²) < 4.78 is 0. The summed E-state index contributed by atoms with van der Waals surface area (Å²) >= 11 is 0. The van der Waals surface area contributed by atoms with Crippen LogP contribution in [-0.4, -0.2) is 61.4 Å². The van der Waals surface area contributed by atoms with Crippen molar-refractivity contribution in [2.45, 2.75) is 72.3 Å². The third-order valence-electron chi connectivity index (χ3n) is 5.29. The third-order valence-corrected chi connectivity index (χ3v) is 5.29. The highest BCUT2D eigenvalue weighted by Crippen LogP contribution is 2.32. The van der Waals surface area contributed by atoms with Gasteiger partial charge in [-0.1, -0.05) is 53.4 Å². The average molecular weight is 354 g/mol. The molecule has 1 atom stereocenters. The molecule has 146 valence electrons. The maximum absolute atomic E-state index is 12.4. The molecule has 0 aromatic rings. The molecule has 1 heterocycles. The van der Waals surface area contributed by atoms with Crippen molar-refractivity contribution in [3.63, 3.8) is 0 Å². The maximum atomic E-state index is 12.4. The predicted octanol–water partition coefficient (Wildman–Crippen LogP) is 2.90. The van der Waals surface area contributed by atoms with E-state index in [-0.39, 0.29) is 23.3 Å². The highest BCUT2D eigenvalue weighted by atomic mass is 16.2. The molecule has 2 amide bonds. The molecule has 5 heteroatoms. The molecule has 1 N–H and O–H groups in total. The molecule has 1 saturated heterocycles. The van der Waals surface area contributed by atoms with E-state index in [2.05, 4.69) is 37.9 Å². The highest BCUT2D eigenvalue weighted by molar-refractivity contribution is 5.82. The van der Waals surface area contributed by atoms with Gasteiger partial charge in [-0.05, 0) is 24.8 Å². The standard InChI is InChI=1S/C20H39N3O2/c1-7-9-16(10-8-2)13-18(24)22(5)12-11-21-19(25)17-14-20(3,4)15-23(17)6/h16-17H,7-15H2,1-6H3,(H,21,25). The van der Waals surface area contributed by atoms with Gasteiger partial charge in [-0.25, -0.2) is 0 Å². The molecule has 0 spiro atoms. The van der Waals surface area contributed by atoms with E-state index in [1.807, 2.05) is 14.1 Å². The summed E-state index contributed by atoms with van der Waals surface area (Å²) in [6.07, 6.45) is 6.01. The van der Waals surface area contributed by atoms with Crippen LogP contribution in [0.1, 0.15) is 66.2 Å². The van der Waals surface area contributed by atoms with Crippen molar-refractivity contribution in [2.24, 2.45) is 11.3 Å². The van der Waals surface area contributed by atoms with Crippen LogP contribution in [-0.2, 0) is 9.59 Å². The summed E-state index contributed by atoms with van der Waals surface area (Å²) in [7, 11) is 3.85. The lowest BCUT2D eigenvalue weighted by Gasteiger charge is -2.23. The zero-order valence-electron chi connectivity index (χ0n) is 17.2. The molecule has 0 radical (unpaired) electrons. The molecule has 1 unspecified atom stereocenters. The molecular formula is C20H39N3O2. The Hall–Kier alpha value is -1.10. The number of hydrogen-bond acceptors (Lipinski definition) is 3. The molecule has 1 rings (SSSR count). The Kier molecular flexibility index (Phi) is 8.91. The third kappa shape index (κ3) is 7.35. The summed E-state index contributed by atoms with van der Waals surface area (Å²) in [4.78, 5) is 28.7. The lowest BCUT2D eigenvalue weighted by Crippen LogP contribution is -2.44. The van der Waals surface area contributed by atoms with Gasteiger partial charge in [0.25, 0.3) is 0 Å². The molecule has 1 fully saturated rings. The summed E-state index contributed by atoms with van der Waals surface area (Å²) in [6, 6.07) is -0.0468. The SMILES string of the molecule is CCCC(CCC)CC(=O)N(C)CCNC(=O)C1CC(C)(C)CN1C. The van der Waals surface area contributed by atoms with Crippen LogP contribution in [0.3, 0.4) is 0 Å². The molecule has 1 aliphatic heterocycles. The first-order valence-electron chi connectivity index (χ1n) is 9.92. The normalized spacial score (nSPS) is 20.0. The van der Waals surface area contributed by atoms with Crippen LogP contribution in [0.2, 0.25) is 0 Å². The molecule has 25 heavy (non-hydrogen) atoms. The van der Waals surface area contributed by atoms with Crippen molar-refractivity contribution in [3.8, 4) is 0 Å². The van der Waals surface area contributed by atoms with E-state index in [0.29, 0.717) is 25.4 Å². The van der Waals surface area contributed by atoms with Crippen LogP contribution in [0, 0.1) is 11.3 Å². The Bertz CT molecular complexity index is 431. The molecule has 0 bridgehead atoms. The molecule has 0 aromatic heterocycles. The van der Waals surface area contributed by atoms with Gasteiger partial charge in [0.1, 0.15) is 0 Å². The molecule has 0 saturated carbocycles.